The second-order valence-electron chi connectivity index (χ2n) is 4.81. The number of alkyl halides is 1. The molecule has 5 heteroatoms. The summed E-state index contributed by atoms with van der Waals surface area (Å²) in [4.78, 5) is 27.6. The van der Waals surface area contributed by atoms with E-state index in [2.05, 4.69) is 0 Å². The zero-order chi connectivity index (χ0) is 14.2. The van der Waals surface area contributed by atoms with Gasteiger partial charge in [-0.25, -0.2) is 4.79 Å². The number of imide groups is 1. The Morgan fingerprint density at radius 3 is 2.42 bits per heavy atom. The number of amides is 3. The molecule has 0 spiro atoms. The van der Waals surface area contributed by atoms with E-state index in [-0.39, 0.29) is 27.9 Å². The molecule has 1 aromatic rings. The molecule has 1 aliphatic heterocycles. The SMILES string of the molecule is C[C@@H](I)C(=O)N1C(=O)N(C)[C@@H](C)[C@H]1c1ccccc1. The monoisotopic (exact) mass is 372 g/mol. The third kappa shape index (κ3) is 2.48. The van der Waals surface area contributed by atoms with Gasteiger partial charge in [-0.15, -0.1) is 0 Å². The lowest BCUT2D eigenvalue weighted by Crippen LogP contribution is -2.39. The summed E-state index contributed by atoms with van der Waals surface area (Å²) in [5.74, 6) is -0.129. The molecule has 1 fully saturated rings. The van der Waals surface area contributed by atoms with E-state index in [0.29, 0.717) is 0 Å². The first-order valence-electron chi connectivity index (χ1n) is 6.24. The zero-order valence-electron chi connectivity index (χ0n) is 11.2. The van der Waals surface area contributed by atoms with Crippen LogP contribution in [0.4, 0.5) is 4.79 Å². The van der Waals surface area contributed by atoms with Crippen molar-refractivity contribution in [1.82, 2.24) is 9.80 Å². The van der Waals surface area contributed by atoms with Crippen molar-refractivity contribution in [1.29, 1.82) is 0 Å². The molecule has 102 valence electrons. The van der Waals surface area contributed by atoms with Crippen LogP contribution in [0.2, 0.25) is 0 Å². The molecule has 19 heavy (non-hydrogen) atoms. The molecule has 1 heterocycles. The Morgan fingerprint density at radius 2 is 1.89 bits per heavy atom. The first kappa shape index (κ1) is 14.3. The Labute approximate surface area is 126 Å². The molecular weight excluding hydrogens is 355 g/mol. The van der Waals surface area contributed by atoms with Gasteiger partial charge in [0.2, 0.25) is 5.91 Å². The molecule has 2 rings (SSSR count). The highest BCUT2D eigenvalue weighted by Crippen LogP contribution is 2.35. The summed E-state index contributed by atoms with van der Waals surface area (Å²) in [7, 11) is 1.74. The third-order valence-corrected chi connectivity index (χ3v) is 4.11. The Balaban J connectivity index is 2.43. The van der Waals surface area contributed by atoms with Crippen LogP contribution in [0.5, 0.6) is 0 Å². The Kier molecular flexibility index (Phi) is 4.13. The van der Waals surface area contributed by atoms with Crippen LogP contribution >= 0.6 is 22.6 Å². The van der Waals surface area contributed by atoms with E-state index in [1.54, 1.807) is 18.9 Å². The van der Waals surface area contributed by atoms with Crippen LogP contribution < -0.4 is 0 Å². The normalized spacial score (nSPS) is 24.7. The number of nitrogens with zero attached hydrogens (tertiary/aromatic N) is 2. The van der Waals surface area contributed by atoms with Crippen LogP contribution in [-0.2, 0) is 4.79 Å². The van der Waals surface area contributed by atoms with Crippen LogP contribution in [-0.4, -0.2) is 38.8 Å². The molecule has 1 aromatic carbocycles. The quantitative estimate of drug-likeness (QED) is 0.592. The van der Waals surface area contributed by atoms with E-state index < -0.39 is 0 Å². The highest BCUT2D eigenvalue weighted by molar-refractivity contribution is 14.1. The number of hydrogen-bond donors (Lipinski definition) is 0. The van der Waals surface area contributed by atoms with Crippen molar-refractivity contribution in [2.75, 3.05) is 7.05 Å². The van der Waals surface area contributed by atoms with Gasteiger partial charge in [0.1, 0.15) is 0 Å². The predicted molar refractivity (Wildman–Crippen MR) is 82.1 cm³/mol. The highest BCUT2D eigenvalue weighted by Gasteiger charge is 2.46. The maximum Gasteiger partial charge on any atom is 0.327 e. The van der Waals surface area contributed by atoms with Crippen molar-refractivity contribution in [2.45, 2.75) is 29.9 Å². The van der Waals surface area contributed by atoms with Gasteiger partial charge in [0.05, 0.1) is 16.0 Å². The van der Waals surface area contributed by atoms with Crippen molar-refractivity contribution < 1.29 is 9.59 Å². The van der Waals surface area contributed by atoms with Crippen LogP contribution in [0, 0.1) is 0 Å². The number of likely N-dealkylation sites (N-methyl/N-ethyl adjacent to an activating group) is 1. The fourth-order valence-corrected chi connectivity index (χ4v) is 2.69. The first-order chi connectivity index (χ1) is 8.95. The molecule has 0 unspecified atom stereocenters. The number of carbonyl (C=O) groups is 2. The summed E-state index contributed by atoms with van der Waals surface area (Å²) >= 11 is 2.05. The molecule has 1 aliphatic rings. The van der Waals surface area contributed by atoms with Gasteiger partial charge in [0.15, 0.2) is 0 Å². The number of urea groups is 1. The van der Waals surface area contributed by atoms with Gasteiger partial charge in [-0.05, 0) is 19.4 Å². The smallest absolute Gasteiger partial charge is 0.322 e. The van der Waals surface area contributed by atoms with E-state index in [0.717, 1.165) is 5.56 Å². The molecule has 0 aromatic heterocycles. The minimum Gasteiger partial charge on any atom is -0.322 e. The number of carbonyl (C=O) groups excluding carboxylic acids is 2. The summed E-state index contributed by atoms with van der Waals surface area (Å²) in [6.45, 7) is 3.78. The molecule has 0 N–H and O–H groups in total. The molecule has 0 saturated carbocycles. The third-order valence-electron chi connectivity index (χ3n) is 3.57. The fourth-order valence-electron chi connectivity index (χ4n) is 2.39. The lowest BCUT2D eigenvalue weighted by Gasteiger charge is -2.25. The molecule has 3 atom stereocenters. The van der Waals surface area contributed by atoms with Gasteiger partial charge >= 0.3 is 6.03 Å². The predicted octanol–water partition coefficient (Wildman–Crippen LogP) is 2.83. The minimum atomic E-state index is -0.216. The van der Waals surface area contributed by atoms with Gasteiger partial charge in [-0.3, -0.25) is 9.69 Å². The van der Waals surface area contributed by atoms with Gasteiger partial charge < -0.3 is 4.90 Å². The molecule has 0 radical (unpaired) electrons. The number of benzene rings is 1. The standard InChI is InChI=1S/C14H17IN2O2/c1-9(15)13(18)17-12(10(2)16(3)14(17)19)11-7-5-4-6-8-11/h4-10,12H,1-3H3/t9-,10+,12+/m1/s1. The molecule has 0 bridgehead atoms. The molecule has 0 aliphatic carbocycles. The number of hydrogen-bond acceptors (Lipinski definition) is 2. The van der Waals surface area contributed by atoms with Crippen molar-refractivity contribution in [3.63, 3.8) is 0 Å². The van der Waals surface area contributed by atoms with E-state index in [4.69, 9.17) is 0 Å². The first-order valence-corrected chi connectivity index (χ1v) is 7.48. The lowest BCUT2D eigenvalue weighted by atomic mass is 10.0. The second-order valence-corrected chi connectivity index (χ2v) is 6.68. The average molecular weight is 372 g/mol. The summed E-state index contributed by atoms with van der Waals surface area (Å²) in [5.41, 5.74) is 0.998. The maximum atomic E-state index is 12.3. The van der Waals surface area contributed by atoms with E-state index in [1.807, 2.05) is 59.8 Å². The maximum absolute atomic E-state index is 12.3. The van der Waals surface area contributed by atoms with Crippen molar-refractivity contribution in [3.8, 4) is 0 Å². The van der Waals surface area contributed by atoms with E-state index in [9.17, 15) is 9.59 Å². The van der Waals surface area contributed by atoms with E-state index in [1.165, 1.54) is 4.90 Å². The van der Waals surface area contributed by atoms with Crippen LogP contribution in [0.15, 0.2) is 30.3 Å². The summed E-state index contributed by atoms with van der Waals surface area (Å²) < 4.78 is -0.216. The minimum absolute atomic E-state index is 0.0194. The topological polar surface area (TPSA) is 40.6 Å². The number of rotatable bonds is 2. The van der Waals surface area contributed by atoms with Crippen LogP contribution in [0.3, 0.4) is 0 Å². The van der Waals surface area contributed by atoms with E-state index >= 15 is 0 Å². The van der Waals surface area contributed by atoms with Crippen LogP contribution in [0.1, 0.15) is 25.5 Å². The van der Waals surface area contributed by atoms with Gasteiger partial charge in [-0.2, -0.15) is 0 Å². The zero-order valence-corrected chi connectivity index (χ0v) is 13.4. The summed E-state index contributed by atoms with van der Waals surface area (Å²) in [6, 6.07) is 9.29. The highest BCUT2D eigenvalue weighted by atomic mass is 127. The lowest BCUT2D eigenvalue weighted by molar-refractivity contribution is -0.128. The van der Waals surface area contributed by atoms with Crippen molar-refractivity contribution >= 4 is 34.5 Å². The molecular formula is C14H17IN2O2. The molecule has 4 nitrogen and oxygen atoms in total. The Bertz CT molecular complexity index is 481. The van der Waals surface area contributed by atoms with Crippen LogP contribution in [0.25, 0.3) is 0 Å². The average Bonchev–Trinajstić information content (AvgIpc) is 2.63. The van der Waals surface area contributed by atoms with Gasteiger partial charge in [-0.1, -0.05) is 52.9 Å². The summed E-state index contributed by atoms with van der Waals surface area (Å²) in [6.07, 6.45) is 0. The van der Waals surface area contributed by atoms with Gasteiger partial charge in [0.25, 0.3) is 0 Å². The molecule has 1 saturated heterocycles. The number of halogens is 1. The van der Waals surface area contributed by atoms with Gasteiger partial charge in [0, 0.05) is 7.05 Å². The largest absolute Gasteiger partial charge is 0.327 e. The molecule has 3 amide bonds. The Morgan fingerprint density at radius 1 is 1.32 bits per heavy atom. The fraction of sp³-hybridized carbons (Fsp3) is 0.429. The Hall–Kier alpha value is -1.11. The second kappa shape index (κ2) is 5.48. The summed E-state index contributed by atoms with van der Waals surface area (Å²) in [5, 5.41) is 0. The van der Waals surface area contributed by atoms with Crippen molar-refractivity contribution in [3.05, 3.63) is 35.9 Å². The van der Waals surface area contributed by atoms with Crippen molar-refractivity contribution in [2.24, 2.45) is 0 Å².